The molecule has 0 aliphatic rings. The van der Waals surface area contributed by atoms with E-state index in [-0.39, 0.29) is 16.9 Å². The van der Waals surface area contributed by atoms with Crippen molar-refractivity contribution >= 4 is 17.2 Å². The van der Waals surface area contributed by atoms with Gasteiger partial charge in [-0.1, -0.05) is 17.7 Å². The molecule has 0 atom stereocenters. The summed E-state index contributed by atoms with van der Waals surface area (Å²) < 4.78 is 3.96. The van der Waals surface area contributed by atoms with Crippen molar-refractivity contribution in [2.24, 2.45) is 0 Å². The number of aryl methyl sites for hydroxylation is 1. The van der Waals surface area contributed by atoms with Crippen molar-refractivity contribution in [1.82, 2.24) is 18.7 Å². The average molecular weight is 305 g/mol. The summed E-state index contributed by atoms with van der Waals surface area (Å²) in [7, 11) is 0. The number of fused-ring (bicyclic) bond motifs is 1. The SMILES string of the molecule is CCn1nc2c(=O)n(-c3cccc(Cl)c3C)ccn2c1=O. The molecule has 2 aromatic heterocycles. The predicted molar refractivity (Wildman–Crippen MR) is 80.5 cm³/mol. The van der Waals surface area contributed by atoms with Gasteiger partial charge in [-0.05, 0) is 31.5 Å². The third-order valence-electron chi connectivity index (χ3n) is 3.44. The lowest BCUT2D eigenvalue weighted by atomic mass is 10.2. The first-order valence-corrected chi connectivity index (χ1v) is 6.88. The first kappa shape index (κ1) is 13.6. The number of nitrogens with zero attached hydrogens (tertiary/aromatic N) is 4. The highest BCUT2D eigenvalue weighted by molar-refractivity contribution is 6.31. The smallest absolute Gasteiger partial charge is 0.279 e. The van der Waals surface area contributed by atoms with E-state index < -0.39 is 0 Å². The number of benzene rings is 1. The van der Waals surface area contributed by atoms with Gasteiger partial charge in [0.2, 0.25) is 5.65 Å². The summed E-state index contributed by atoms with van der Waals surface area (Å²) in [5.74, 6) is 0. The number of rotatable bonds is 2. The lowest BCUT2D eigenvalue weighted by Crippen LogP contribution is -2.24. The van der Waals surface area contributed by atoms with Gasteiger partial charge in [-0.2, -0.15) is 0 Å². The Hall–Kier alpha value is -2.34. The molecule has 0 aliphatic carbocycles. The highest BCUT2D eigenvalue weighted by atomic mass is 35.5. The van der Waals surface area contributed by atoms with Gasteiger partial charge in [0.15, 0.2) is 0 Å². The number of halogens is 1. The summed E-state index contributed by atoms with van der Waals surface area (Å²) in [5, 5.41) is 4.65. The van der Waals surface area contributed by atoms with Crippen LogP contribution in [0.1, 0.15) is 12.5 Å². The van der Waals surface area contributed by atoms with Crippen LogP contribution in [0.2, 0.25) is 5.02 Å². The molecule has 0 aliphatic heterocycles. The van der Waals surface area contributed by atoms with E-state index in [4.69, 9.17) is 11.6 Å². The second-order valence-electron chi connectivity index (χ2n) is 4.65. The quantitative estimate of drug-likeness (QED) is 0.723. The van der Waals surface area contributed by atoms with Gasteiger partial charge < -0.3 is 0 Å². The predicted octanol–water partition coefficient (Wildman–Crippen LogP) is 1.63. The van der Waals surface area contributed by atoms with Crippen LogP contribution in [-0.4, -0.2) is 18.7 Å². The number of aromatic nitrogens is 4. The van der Waals surface area contributed by atoms with Crippen LogP contribution >= 0.6 is 11.6 Å². The summed E-state index contributed by atoms with van der Waals surface area (Å²) in [6.07, 6.45) is 3.09. The topological polar surface area (TPSA) is 61.3 Å². The molecule has 0 saturated carbocycles. The molecule has 6 nitrogen and oxygen atoms in total. The number of hydrogen-bond donors (Lipinski definition) is 0. The van der Waals surface area contributed by atoms with Crippen molar-refractivity contribution in [1.29, 1.82) is 0 Å². The van der Waals surface area contributed by atoms with Gasteiger partial charge in [0, 0.05) is 24.0 Å². The van der Waals surface area contributed by atoms with E-state index >= 15 is 0 Å². The lowest BCUT2D eigenvalue weighted by Gasteiger charge is -2.09. The van der Waals surface area contributed by atoms with Crippen LogP contribution in [0.5, 0.6) is 0 Å². The van der Waals surface area contributed by atoms with Crippen molar-refractivity contribution in [3.8, 4) is 5.69 Å². The molecular weight excluding hydrogens is 292 g/mol. The fraction of sp³-hybridized carbons (Fsp3) is 0.214. The molecule has 0 amide bonds. The second-order valence-corrected chi connectivity index (χ2v) is 5.06. The molecule has 3 rings (SSSR count). The third kappa shape index (κ3) is 1.99. The van der Waals surface area contributed by atoms with Gasteiger partial charge in [-0.25, -0.2) is 13.9 Å². The molecule has 21 heavy (non-hydrogen) atoms. The van der Waals surface area contributed by atoms with Crippen LogP contribution in [0, 0.1) is 6.92 Å². The zero-order valence-corrected chi connectivity index (χ0v) is 12.3. The summed E-state index contributed by atoms with van der Waals surface area (Å²) >= 11 is 6.10. The van der Waals surface area contributed by atoms with Gasteiger partial charge in [0.05, 0.1) is 5.69 Å². The molecule has 1 aromatic carbocycles. The normalized spacial score (nSPS) is 11.2. The number of hydrogen-bond acceptors (Lipinski definition) is 3. The van der Waals surface area contributed by atoms with E-state index in [0.717, 1.165) is 5.56 Å². The lowest BCUT2D eigenvalue weighted by molar-refractivity contribution is 0.633. The molecule has 3 aromatic rings. The van der Waals surface area contributed by atoms with E-state index in [1.165, 1.54) is 13.6 Å². The largest absolute Gasteiger partial charge is 0.350 e. The molecule has 0 spiro atoms. The maximum absolute atomic E-state index is 12.6. The molecule has 7 heteroatoms. The van der Waals surface area contributed by atoms with Gasteiger partial charge in [-0.3, -0.25) is 9.36 Å². The second kappa shape index (κ2) is 4.89. The van der Waals surface area contributed by atoms with E-state index in [9.17, 15) is 9.59 Å². The zero-order valence-electron chi connectivity index (χ0n) is 11.6. The van der Waals surface area contributed by atoms with Gasteiger partial charge >= 0.3 is 11.2 Å². The minimum absolute atomic E-state index is 0.101. The molecule has 0 radical (unpaired) electrons. The molecule has 0 bridgehead atoms. The summed E-state index contributed by atoms with van der Waals surface area (Å²) in [4.78, 5) is 24.5. The monoisotopic (exact) mass is 304 g/mol. The summed E-state index contributed by atoms with van der Waals surface area (Å²) in [6.45, 7) is 4.05. The molecule has 108 valence electrons. The van der Waals surface area contributed by atoms with Crippen molar-refractivity contribution in [2.75, 3.05) is 0 Å². The molecule has 0 N–H and O–H groups in total. The van der Waals surface area contributed by atoms with Crippen LogP contribution in [0.4, 0.5) is 0 Å². The van der Waals surface area contributed by atoms with Crippen LogP contribution in [0.3, 0.4) is 0 Å². The highest BCUT2D eigenvalue weighted by Crippen LogP contribution is 2.20. The Morgan fingerprint density at radius 2 is 2.00 bits per heavy atom. The Labute approximate surface area is 124 Å². The van der Waals surface area contributed by atoms with E-state index in [1.807, 2.05) is 6.92 Å². The third-order valence-corrected chi connectivity index (χ3v) is 3.85. The standard InChI is InChI=1S/C14H13ClN4O2/c1-3-19-14(21)18-8-7-17(13(20)12(18)16-19)11-6-4-5-10(15)9(11)2/h4-8H,3H2,1-2H3. The zero-order chi connectivity index (χ0) is 15.1. The Balaban J connectivity index is 2.36. The Bertz CT molecular complexity index is 952. The summed E-state index contributed by atoms with van der Waals surface area (Å²) in [6, 6.07) is 5.34. The van der Waals surface area contributed by atoms with Crippen molar-refractivity contribution in [2.45, 2.75) is 20.4 Å². The fourth-order valence-electron chi connectivity index (χ4n) is 2.26. The van der Waals surface area contributed by atoms with Crippen molar-refractivity contribution < 1.29 is 0 Å². The Morgan fingerprint density at radius 1 is 1.24 bits per heavy atom. The maximum atomic E-state index is 12.6. The van der Waals surface area contributed by atoms with Crippen LogP contribution in [0.15, 0.2) is 40.2 Å². The van der Waals surface area contributed by atoms with E-state index in [1.54, 1.807) is 37.5 Å². The molecule has 0 saturated heterocycles. The Morgan fingerprint density at radius 3 is 2.71 bits per heavy atom. The molecule has 0 unspecified atom stereocenters. The fourth-order valence-corrected chi connectivity index (χ4v) is 2.43. The highest BCUT2D eigenvalue weighted by Gasteiger charge is 2.13. The average Bonchev–Trinajstić information content (AvgIpc) is 2.81. The maximum Gasteiger partial charge on any atom is 0.350 e. The first-order valence-electron chi connectivity index (χ1n) is 6.51. The van der Waals surface area contributed by atoms with Gasteiger partial charge in [0.25, 0.3) is 0 Å². The molecule has 2 heterocycles. The van der Waals surface area contributed by atoms with Crippen molar-refractivity contribution in [3.05, 3.63) is 62.0 Å². The minimum atomic E-state index is -0.354. The van der Waals surface area contributed by atoms with Crippen LogP contribution in [0.25, 0.3) is 11.3 Å². The first-order chi connectivity index (χ1) is 10.0. The van der Waals surface area contributed by atoms with Gasteiger partial charge in [-0.15, -0.1) is 5.10 Å². The van der Waals surface area contributed by atoms with Crippen molar-refractivity contribution in [3.63, 3.8) is 0 Å². The molecular formula is C14H13ClN4O2. The minimum Gasteiger partial charge on any atom is -0.279 e. The van der Waals surface area contributed by atoms with E-state index in [0.29, 0.717) is 17.3 Å². The Kier molecular flexibility index (Phi) is 3.17. The van der Waals surface area contributed by atoms with Gasteiger partial charge in [0.1, 0.15) is 0 Å². The summed E-state index contributed by atoms with van der Waals surface area (Å²) in [5.41, 5.74) is 0.895. The van der Waals surface area contributed by atoms with Crippen LogP contribution < -0.4 is 11.2 Å². The molecule has 0 fully saturated rings. The van der Waals surface area contributed by atoms with Crippen LogP contribution in [-0.2, 0) is 6.54 Å². The van der Waals surface area contributed by atoms with E-state index in [2.05, 4.69) is 5.10 Å².